The lowest BCUT2D eigenvalue weighted by atomic mass is 10.5. The van der Waals surface area contributed by atoms with E-state index in [1.165, 1.54) is 0 Å². The predicted octanol–water partition coefficient (Wildman–Crippen LogP) is 4.64. The molecular formula is C7H13NS6. The first-order valence-corrected chi connectivity index (χ1v) is 9.64. The molecule has 7 heteroatoms. The molecule has 0 rings (SSSR count). The molecule has 0 unspecified atom stereocenters. The van der Waals surface area contributed by atoms with Gasteiger partial charge >= 0.3 is 0 Å². The van der Waals surface area contributed by atoms with E-state index in [1.807, 2.05) is 14.0 Å². The molecule has 0 fully saturated rings. The van der Waals surface area contributed by atoms with Crippen molar-refractivity contribution in [2.45, 2.75) is 20.3 Å². The Morgan fingerprint density at radius 3 is 2.29 bits per heavy atom. The molecule has 0 N–H and O–H groups in total. The zero-order chi connectivity index (χ0) is 11.0. The van der Waals surface area contributed by atoms with E-state index in [2.05, 4.69) is 11.8 Å². The molecule has 0 aromatic heterocycles. The van der Waals surface area contributed by atoms with Gasteiger partial charge in [-0.1, -0.05) is 31.4 Å². The summed E-state index contributed by atoms with van der Waals surface area (Å²) in [5.74, 6) is 0. The van der Waals surface area contributed by atoms with E-state index < -0.39 is 0 Å². The van der Waals surface area contributed by atoms with Gasteiger partial charge in [-0.3, -0.25) is 0 Å². The van der Waals surface area contributed by atoms with Crippen LogP contribution in [0.2, 0.25) is 0 Å². The summed E-state index contributed by atoms with van der Waals surface area (Å²) in [6.07, 6.45) is 1.13. The average molecular weight is 304 g/mol. The molecule has 0 spiro atoms. The minimum Gasteiger partial charge on any atom is -0.360 e. The highest BCUT2D eigenvalue weighted by Crippen LogP contribution is 2.44. The van der Waals surface area contributed by atoms with Crippen molar-refractivity contribution >= 4 is 74.2 Å². The monoisotopic (exact) mass is 303 g/mol. The van der Waals surface area contributed by atoms with E-state index in [0.717, 1.165) is 21.5 Å². The predicted molar refractivity (Wildman–Crippen MR) is 84.2 cm³/mol. The van der Waals surface area contributed by atoms with Crippen molar-refractivity contribution in [2.24, 2.45) is 0 Å². The average Bonchev–Trinajstić information content (AvgIpc) is 2.12. The van der Waals surface area contributed by atoms with Crippen LogP contribution in [0.15, 0.2) is 0 Å². The lowest BCUT2D eigenvalue weighted by Crippen LogP contribution is -2.22. The lowest BCUT2D eigenvalue weighted by molar-refractivity contribution is 0.518. The molecule has 0 saturated heterocycles. The van der Waals surface area contributed by atoms with E-state index in [1.54, 1.807) is 41.2 Å². The smallest absolute Gasteiger partial charge is 0.147 e. The Morgan fingerprint density at radius 1 is 1.21 bits per heavy atom. The Bertz CT molecular complexity index is 195. The van der Waals surface area contributed by atoms with Crippen LogP contribution < -0.4 is 0 Å². The SMILES string of the molecule is CCCN(C)C(=S)SSSSC(C)=S. The fraction of sp³-hybridized carbons (Fsp3) is 0.714. The molecule has 0 atom stereocenters. The molecule has 0 radical (unpaired) electrons. The van der Waals surface area contributed by atoms with Crippen molar-refractivity contribution < 1.29 is 0 Å². The van der Waals surface area contributed by atoms with Crippen LogP contribution in [0.5, 0.6) is 0 Å². The van der Waals surface area contributed by atoms with E-state index >= 15 is 0 Å². The first-order chi connectivity index (χ1) is 6.57. The summed E-state index contributed by atoms with van der Waals surface area (Å²) in [7, 11) is 8.60. The van der Waals surface area contributed by atoms with Gasteiger partial charge in [0.1, 0.15) is 4.32 Å². The molecule has 0 heterocycles. The minimum absolute atomic E-state index is 0.937. The maximum Gasteiger partial charge on any atom is 0.147 e. The highest BCUT2D eigenvalue weighted by Gasteiger charge is 2.04. The zero-order valence-electron chi connectivity index (χ0n) is 8.31. The first-order valence-electron chi connectivity index (χ1n) is 4.01. The van der Waals surface area contributed by atoms with Crippen LogP contribution in [0.25, 0.3) is 0 Å². The summed E-state index contributed by atoms with van der Waals surface area (Å²) in [4.78, 5) is 2.10. The summed E-state index contributed by atoms with van der Waals surface area (Å²) in [5.41, 5.74) is 0. The van der Waals surface area contributed by atoms with Gasteiger partial charge in [-0.25, -0.2) is 0 Å². The molecule has 14 heavy (non-hydrogen) atoms. The van der Waals surface area contributed by atoms with Crippen molar-refractivity contribution in [3.8, 4) is 0 Å². The van der Waals surface area contributed by atoms with Gasteiger partial charge < -0.3 is 4.90 Å². The highest BCUT2D eigenvalue weighted by molar-refractivity contribution is 9.29. The molecule has 0 bridgehead atoms. The molecule has 0 saturated carbocycles. The van der Waals surface area contributed by atoms with Gasteiger partial charge in [-0.2, -0.15) is 0 Å². The van der Waals surface area contributed by atoms with E-state index in [9.17, 15) is 0 Å². The molecular weight excluding hydrogens is 290 g/mol. The number of hydrogen-bond acceptors (Lipinski definition) is 6. The Morgan fingerprint density at radius 2 is 1.79 bits per heavy atom. The van der Waals surface area contributed by atoms with Crippen molar-refractivity contribution in [2.75, 3.05) is 13.6 Å². The Kier molecular flexibility index (Phi) is 10.5. The second-order valence-corrected chi connectivity index (χ2v) is 9.87. The van der Waals surface area contributed by atoms with E-state index in [0.29, 0.717) is 0 Å². The number of rotatable bonds is 5. The van der Waals surface area contributed by atoms with Crippen LogP contribution in [0.4, 0.5) is 0 Å². The van der Waals surface area contributed by atoms with Gasteiger partial charge in [-0.05, 0) is 54.6 Å². The van der Waals surface area contributed by atoms with E-state index in [-0.39, 0.29) is 0 Å². The van der Waals surface area contributed by atoms with Crippen LogP contribution >= 0.6 is 65.7 Å². The summed E-state index contributed by atoms with van der Waals surface area (Å²) in [6.45, 7) is 5.10. The van der Waals surface area contributed by atoms with Gasteiger partial charge in [-0.15, -0.1) is 0 Å². The highest BCUT2D eigenvalue weighted by atomic mass is 33.7. The molecule has 82 valence electrons. The van der Waals surface area contributed by atoms with Crippen molar-refractivity contribution in [3.05, 3.63) is 0 Å². The van der Waals surface area contributed by atoms with Crippen LogP contribution in [-0.2, 0) is 0 Å². The third kappa shape index (κ3) is 8.67. The fourth-order valence-corrected chi connectivity index (χ4v) is 7.01. The molecule has 0 aliphatic carbocycles. The maximum atomic E-state index is 5.23. The standard InChI is InChI=1S/C7H13NS6/c1-4-5-8(3)7(10)12-14-13-11-6(2)9/h4-5H2,1-3H3. The normalized spacial score (nSPS) is 9.93. The second kappa shape index (κ2) is 9.59. The van der Waals surface area contributed by atoms with E-state index in [4.69, 9.17) is 24.4 Å². The topological polar surface area (TPSA) is 3.24 Å². The summed E-state index contributed by atoms with van der Waals surface area (Å²) < 4.78 is 1.89. The Labute approximate surface area is 112 Å². The van der Waals surface area contributed by atoms with Crippen molar-refractivity contribution in [1.82, 2.24) is 4.90 Å². The van der Waals surface area contributed by atoms with Crippen LogP contribution in [0.1, 0.15) is 20.3 Å². The molecule has 0 amide bonds. The van der Waals surface area contributed by atoms with Crippen LogP contribution in [0.3, 0.4) is 0 Å². The summed E-state index contributed by atoms with van der Waals surface area (Å²) >= 11 is 10.2. The molecule has 0 aromatic carbocycles. The quantitative estimate of drug-likeness (QED) is 0.408. The largest absolute Gasteiger partial charge is 0.360 e. The van der Waals surface area contributed by atoms with Crippen LogP contribution in [-0.4, -0.2) is 27.0 Å². The number of hydrogen-bond donors (Lipinski definition) is 0. The molecule has 0 aliphatic rings. The van der Waals surface area contributed by atoms with Gasteiger partial charge in [0.05, 0.1) is 4.20 Å². The van der Waals surface area contributed by atoms with Crippen molar-refractivity contribution in [3.63, 3.8) is 0 Å². The van der Waals surface area contributed by atoms with Crippen molar-refractivity contribution in [1.29, 1.82) is 0 Å². The Balaban J connectivity index is 3.48. The molecule has 1 nitrogen and oxygen atoms in total. The lowest BCUT2D eigenvalue weighted by Gasteiger charge is -2.17. The maximum absolute atomic E-state index is 5.23. The minimum atomic E-state index is 0.937. The van der Waals surface area contributed by atoms with Gasteiger partial charge in [0.25, 0.3) is 0 Å². The van der Waals surface area contributed by atoms with Crippen LogP contribution in [0, 0.1) is 0 Å². The third-order valence-corrected chi connectivity index (χ3v) is 8.50. The zero-order valence-corrected chi connectivity index (χ0v) is 13.2. The summed E-state index contributed by atoms with van der Waals surface area (Å²) in [5, 5.41) is 0. The second-order valence-electron chi connectivity index (χ2n) is 2.48. The Hall–Kier alpha value is 1.38. The fourth-order valence-electron chi connectivity index (χ4n) is 0.595. The first kappa shape index (κ1) is 15.4. The van der Waals surface area contributed by atoms with Gasteiger partial charge in [0.2, 0.25) is 0 Å². The molecule has 0 aliphatic heterocycles. The third-order valence-electron chi connectivity index (χ3n) is 1.16. The molecule has 0 aromatic rings. The van der Waals surface area contributed by atoms with Gasteiger partial charge in [0, 0.05) is 13.6 Å². The number of thiocarbonyl (C=S) groups is 2. The summed E-state index contributed by atoms with van der Waals surface area (Å²) in [6, 6.07) is 0. The number of nitrogens with zero attached hydrogens (tertiary/aromatic N) is 1. The van der Waals surface area contributed by atoms with Gasteiger partial charge in [0.15, 0.2) is 0 Å².